The molecule has 0 aromatic rings. The molecule has 1 atom stereocenters. The monoisotopic (exact) mass is 673 g/mol. The highest BCUT2D eigenvalue weighted by Crippen LogP contribution is 2.32. The summed E-state index contributed by atoms with van der Waals surface area (Å²) in [7, 11) is 0. The molecular formula is C46H88O2. The van der Waals surface area contributed by atoms with E-state index in [0.717, 1.165) is 18.6 Å². The summed E-state index contributed by atoms with van der Waals surface area (Å²) in [5.74, 6) is 1.10. The van der Waals surface area contributed by atoms with Gasteiger partial charge in [0.15, 0.2) is 0 Å². The van der Waals surface area contributed by atoms with Gasteiger partial charge in [-0.25, -0.2) is 0 Å². The molecule has 48 heavy (non-hydrogen) atoms. The number of rotatable bonds is 40. The van der Waals surface area contributed by atoms with Crippen LogP contribution in [0.25, 0.3) is 0 Å². The number of unbranched alkanes of at least 4 members (excludes halogenated alkanes) is 37. The van der Waals surface area contributed by atoms with Crippen molar-refractivity contribution in [2.24, 2.45) is 5.92 Å². The van der Waals surface area contributed by atoms with Crippen LogP contribution >= 0.6 is 0 Å². The van der Waals surface area contributed by atoms with E-state index >= 15 is 0 Å². The van der Waals surface area contributed by atoms with Crippen LogP contribution in [-0.2, 0) is 9.53 Å². The van der Waals surface area contributed by atoms with Gasteiger partial charge in [0.1, 0.15) is 11.7 Å². The summed E-state index contributed by atoms with van der Waals surface area (Å²) < 4.78 is 5.41. The van der Waals surface area contributed by atoms with E-state index in [-0.39, 0.29) is 11.9 Å². The molecule has 0 aromatic carbocycles. The Morgan fingerprint density at radius 2 is 0.625 bits per heavy atom. The largest absolute Gasteiger partial charge is 0.430 e. The van der Waals surface area contributed by atoms with Crippen molar-refractivity contribution < 1.29 is 9.53 Å². The van der Waals surface area contributed by atoms with E-state index in [1.165, 1.54) is 244 Å². The molecule has 0 N–H and O–H groups in total. The van der Waals surface area contributed by atoms with Gasteiger partial charge in [0, 0.05) is 0 Å². The lowest BCUT2D eigenvalue weighted by Gasteiger charge is -2.28. The number of hydrogen-bond donors (Lipinski definition) is 0. The van der Waals surface area contributed by atoms with E-state index in [9.17, 15) is 4.79 Å². The van der Waals surface area contributed by atoms with Gasteiger partial charge in [0.25, 0.3) is 0 Å². The van der Waals surface area contributed by atoms with E-state index in [1.54, 1.807) is 0 Å². The molecule has 1 unspecified atom stereocenters. The quantitative estimate of drug-likeness (QED) is 0.0478. The summed E-state index contributed by atoms with van der Waals surface area (Å²) in [6.45, 7) is 4.60. The second-order valence-corrected chi connectivity index (χ2v) is 15.9. The number of allylic oxidation sites excluding steroid dienone is 1. The van der Waals surface area contributed by atoms with Crippen LogP contribution in [0, 0.1) is 5.92 Å². The van der Waals surface area contributed by atoms with Gasteiger partial charge in [-0.3, -0.25) is 4.79 Å². The van der Waals surface area contributed by atoms with Gasteiger partial charge in [-0.05, 0) is 25.3 Å². The first-order chi connectivity index (χ1) is 23.8. The topological polar surface area (TPSA) is 26.3 Å². The maximum absolute atomic E-state index is 12.0. The summed E-state index contributed by atoms with van der Waals surface area (Å²) in [6.07, 6.45) is 58.1. The van der Waals surface area contributed by atoms with Crippen molar-refractivity contribution in [1.82, 2.24) is 0 Å². The molecule has 0 spiro atoms. The minimum absolute atomic E-state index is 0.0248. The highest BCUT2D eigenvalue weighted by atomic mass is 16.6. The van der Waals surface area contributed by atoms with E-state index in [0.29, 0.717) is 0 Å². The molecule has 0 radical (unpaired) electrons. The van der Waals surface area contributed by atoms with E-state index in [4.69, 9.17) is 4.74 Å². The summed E-state index contributed by atoms with van der Waals surface area (Å²) in [6, 6.07) is 0. The molecule has 0 aliphatic carbocycles. The molecule has 2 heteroatoms. The molecule has 284 valence electrons. The van der Waals surface area contributed by atoms with E-state index in [2.05, 4.69) is 19.9 Å². The molecule has 1 fully saturated rings. The predicted octanol–water partition coefficient (Wildman–Crippen LogP) is 16.7. The first kappa shape index (κ1) is 45.2. The van der Waals surface area contributed by atoms with Crippen molar-refractivity contribution in [3.8, 4) is 0 Å². The van der Waals surface area contributed by atoms with Gasteiger partial charge < -0.3 is 4.74 Å². The van der Waals surface area contributed by atoms with Gasteiger partial charge in [0.05, 0.1) is 0 Å². The van der Waals surface area contributed by atoms with Crippen LogP contribution < -0.4 is 0 Å². The molecule has 1 aliphatic heterocycles. The first-order valence-corrected chi connectivity index (χ1v) is 22.7. The highest BCUT2D eigenvalue weighted by molar-refractivity contribution is 5.82. The Kier molecular flexibility index (Phi) is 35.3. The molecule has 1 rings (SSSR count). The number of esters is 1. The molecule has 0 amide bonds. The van der Waals surface area contributed by atoms with E-state index in [1.807, 2.05) is 0 Å². The molecule has 1 heterocycles. The van der Waals surface area contributed by atoms with Gasteiger partial charge >= 0.3 is 5.97 Å². The zero-order valence-corrected chi connectivity index (χ0v) is 33.3. The molecule has 0 bridgehead atoms. The molecule has 0 aromatic heterocycles. The third-order valence-corrected chi connectivity index (χ3v) is 11.1. The Hall–Kier alpha value is -0.790. The second-order valence-electron chi connectivity index (χ2n) is 15.9. The number of cyclic esters (lactones) is 1. The third kappa shape index (κ3) is 30.1. The second kappa shape index (κ2) is 37.5. The first-order valence-electron chi connectivity index (χ1n) is 22.7. The summed E-state index contributed by atoms with van der Waals surface area (Å²) in [4.78, 5) is 12.0. The minimum Gasteiger partial charge on any atom is -0.430 e. The fraction of sp³-hybridized carbons (Fsp3) is 0.935. The maximum atomic E-state index is 12.0. The zero-order chi connectivity index (χ0) is 34.4. The Bertz CT molecular complexity index is 682. The van der Waals surface area contributed by atoms with Crippen LogP contribution in [0.1, 0.15) is 271 Å². The molecule has 1 saturated heterocycles. The van der Waals surface area contributed by atoms with Gasteiger partial charge in [-0.1, -0.05) is 251 Å². The van der Waals surface area contributed by atoms with Crippen molar-refractivity contribution >= 4 is 5.97 Å². The van der Waals surface area contributed by atoms with Crippen molar-refractivity contribution in [2.75, 3.05) is 0 Å². The van der Waals surface area contributed by atoms with Crippen molar-refractivity contribution in [2.45, 2.75) is 271 Å². The molecule has 0 saturated carbocycles. The smallest absolute Gasteiger partial charge is 0.321 e. The number of ether oxygens (including phenoxy) is 1. The molecule has 2 nitrogen and oxygen atoms in total. The lowest BCUT2D eigenvalue weighted by molar-refractivity contribution is -0.157. The van der Waals surface area contributed by atoms with Crippen LogP contribution in [0.2, 0.25) is 0 Å². The minimum atomic E-state index is 0.0248. The standard InChI is InChI=1S/C46H88O2/c1-3-5-7-9-11-13-15-17-19-21-23-25-27-29-31-33-35-37-39-41-43-45-44(46(47)48-45)42-40-38-36-34-32-30-28-26-24-22-20-18-16-14-12-10-8-6-4-2/h43-44H,3-42H2,1-2H3. The summed E-state index contributed by atoms with van der Waals surface area (Å²) >= 11 is 0. The fourth-order valence-electron chi connectivity index (χ4n) is 7.65. The van der Waals surface area contributed by atoms with Crippen molar-refractivity contribution in [3.63, 3.8) is 0 Å². The zero-order valence-electron chi connectivity index (χ0n) is 33.3. The van der Waals surface area contributed by atoms with Crippen LogP contribution in [0.3, 0.4) is 0 Å². The maximum Gasteiger partial charge on any atom is 0.321 e. The van der Waals surface area contributed by atoms with Crippen LogP contribution in [0.5, 0.6) is 0 Å². The van der Waals surface area contributed by atoms with Crippen LogP contribution in [0.4, 0.5) is 0 Å². The Morgan fingerprint density at radius 3 is 0.896 bits per heavy atom. The lowest BCUT2D eigenvalue weighted by Crippen LogP contribution is -2.32. The number of carbonyl (C=O) groups is 1. The summed E-state index contributed by atoms with van der Waals surface area (Å²) in [5, 5.41) is 0. The Balaban J connectivity index is 1.79. The Morgan fingerprint density at radius 1 is 0.375 bits per heavy atom. The third-order valence-electron chi connectivity index (χ3n) is 11.1. The highest BCUT2D eigenvalue weighted by Gasteiger charge is 2.36. The number of carbonyl (C=O) groups excluding carboxylic acids is 1. The molecular weight excluding hydrogens is 585 g/mol. The number of hydrogen-bond acceptors (Lipinski definition) is 2. The van der Waals surface area contributed by atoms with Crippen molar-refractivity contribution in [1.29, 1.82) is 0 Å². The predicted molar refractivity (Wildman–Crippen MR) is 214 cm³/mol. The SMILES string of the molecule is CCCCCCCCCCCCCCCCCCCCCC=C1OC(=O)C1CCCCCCCCCCCCCCCCCCCCC. The summed E-state index contributed by atoms with van der Waals surface area (Å²) in [5.41, 5.74) is 0. The van der Waals surface area contributed by atoms with Gasteiger partial charge in [0.2, 0.25) is 0 Å². The lowest BCUT2D eigenvalue weighted by atomic mass is 9.93. The normalized spacial score (nSPS) is 15.3. The van der Waals surface area contributed by atoms with Crippen molar-refractivity contribution in [3.05, 3.63) is 11.8 Å². The average Bonchev–Trinajstić information content (AvgIpc) is 3.09. The van der Waals surface area contributed by atoms with Gasteiger partial charge in [-0.2, -0.15) is 0 Å². The van der Waals surface area contributed by atoms with Gasteiger partial charge in [-0.15, -0.1) is 0 Å². The van der Waals surface area contributed by atoms with Crippen LogP contribution in [-0.4, -0.2) is 5.97 Å². The van der Waals surface area contributed by atoms with E-state index < -0.39 is 0 Å². The van der Waals surface area contributed by atoms with Crippen LogP contribution in [0.15, 0.2) is 11.8 Å². The average molecular weight is 673 g/mol. The fourth-order valence-corrected chi connectivity index (χ4v) is 7.65. The molecule has 1 aliphatic rings. The Labute approximate surface area is 303 Å².